The molecule has 0 radical (unpaired) electrons. The molecule has 0 fully saturated rings. The van der Waals surface area contributed by atoms with Crippen molar-refractivity contribution in [2.24, 2.45) is 0 Å². The van der Waals surface area contributed by atoms with Gasteiger partial charge in [0.1, 0.15) is 0 Å². The lowest BCUT2D eigenvalue weighted by atomic mass is 10.3. The van der Waals surface area contributed by atoms with Crippen LogP contribution in [0, 0.1) is 0 Å². The fourth-order valence-electron chi connectivity index (χ4n) is 1.27. The van der Waals surface area contributed by atoms with Crippen molar-refractivity contribution in [3.05, 3.63) is 12.7 Å². The third-order valence-electron chi connectivity index (χ3n) is 2.04. The minimum atomic E-state index is -3.78. The molecule has 0 aliphatic heterocycles. The Morgan fingerprint density at radius 1 is 1.36 bits per heavy atom. The van der Waals surface area contributed by atoms with Gasteiger partial charge in [-0.05, 0) is 18.9 Å². The monoisotopic (exact) mass is 222 g/mol. The van der Waals surface area contributed by atoms with E-state index in [2.05, 4.69) is 20.7 Å². The van der Waals surface area contributed by atoms with Crippen LogP contribution in [0.4, 0.5) is 0 Å². The summed E-state index contributed by atoms with van der Waals surface area (Å²) in [4.78, 5) is 0. The molecule has 0 saturated carbocycles. The zero-order valence-electron chi connectivity index (χ0n) is 8.94. The molecule has 0 atom stereocenters. The number of likely N-dealkylation sites (N-methyl/N-ethyl adjacent to an activating group) is 1. The van der Waals surface area contributed by atoms with Crippen molar-refractivity contribution < 1.29 is 17.5 Å². The molecule has 84 valence electrons. The van der Waals surface area contributed by atoms with E-state index in [9.17, 15) is 8.42 Å². The smallest absolute Gasteiger partial charge is 0.264 e. The molecule has 0 bridgehead atoms. The predicted octanol–water partition coefficient (Wildman–Crippen LogP) is 0.917. The average molecular weight is 222 g/mol. The van der Waals surface area contributed by atoms with Crippen molar-refractivity contribution in [2.75, 3.05) is 32.9 Å². The van der Waals surface area contributed by atoms with Gasteiger partial charge in [0.25, 0.3) is 10.1 Å². The molecule has 5 heteroatoms. The summed E-state index contributed by atoms with van der Waals surface area (Å²) >= 11 is 0. The van der Waals surface area contributed by atoms with Crippen molar-refractivity contribution in [1.82, 2.24) is 0 Å². The quantitative estimate of drug-likeness (QED) is 0.301. The molecule has 0 heterocycles. The lowest BCUT2D eigenvalue weighted by molar-refractivity contribution is -0.884. The van der Waals surface area contributed by atoms with Gasteiger partial charge in [-0.25, -0.2) is 0 Å². The molecule has 0 aromatic rings. The summed E-state index contributed by atoms with van der Waals surface area (Å²) < 4.78 is 30.1. The standard InChI is InChI=1S/C9H19NO3S/c1-4-7-10(2,3)8-5-6-9-14(11,12)13/h4H,1,5-9H2,2-3H3/p+1. The Kier molecular flexibility index (Phi) is 5.33. The van der Waals surface area contributed by atoms with Gasteiger partial charge in [0.15, 0.2) is 0 Å². The third kappa shape index (κ3) is 8.22. The maximum Gasteiger partial charge on any atom is 0.264 e. The highest BCUT2D eigenvalue weighted by molar-refractivity contribution is 7.85. The Morgan fingerprint density at radius 2 is 1.93 bits per heavy atom. The first-order valence-electron chi connectivity index (χ1n) is 4.65. The zero-order valence-corrected chi connectivity index (χ0v) is 9.76. The number of hydrogen-bond acceptors (Lipinski definition) is 2. The van der Waals surface area contributed by atoms with Gasteiger partial charge in [-0.3, -0.25) is 4.55 Å². The second-order valence-corrected chi connectivity index (χ2v) is 5.70. The Morgan fingerprint density at radius 3 is 2.36 bits per heavy atom. The second-order valence-electron chi connectivity index (χ2n) is 4.12. The molecular weight excluding hydrogens is 202 g/mol. The first-order chi connectivity index (χ1) is 6.27. The molecule has 0 saturated heterocycles. The summed E-state index contributed by atoms with van der Waals surface area (Å²) in [6.07, 6.45) is 3.15. The summed E-state index contributed by atoms with van der Waals surface area (Å²) in [5.74, 6) is -0.138. The van der Waals surface area contributed by atoms with E-state index in [-0.39, 0.29) is 5.75 Å². The summed E-state index contributed by atoms with van der Waals surface area (Å²) in [7, 11) is 0.348. The normalized spacial score (nSPS) is 12.8. The van der Waals surface area contributed by atoms with Crippen molar-refractivity contribution in [3.8, 4) is 0 Å². The van der Waals surface area contributed by atoms with Gasteiger partial charge in [-0.2, -0.15) is 8.42 Å². The number of quaternary nitrogens is 1. The maximum absolute atomic E-state index is 10.4. The van der Waals surface area contributed by atoms with Crippen molar-refractivity contribution in [2.45, 2.75) is 12.8 Å². The zero-order chi connectivity index (χ0) is 11.2. The van der Waals surface area contributed by atoms with Crippen LogP contribution in [-0.4, -0.2) is 50.4 Å². The Bertz CT molecular complexity index is 270. The van der Waals surface area contributed by atoms with Gasteiger partial charge in [0.05, 0.1) is 32.9 Å². The summed E-state index contributed by atoms with van der Waals surface area (Å²) in [5.41, 5.74) is 0. The van der Waals surface area contributed by atoms with E-state index in [0.717, 1.165) is 24.0 Å². The van der Waals surface area contributed by atoms with Crippen molar-refractivity contribution in [3.63, 3.8) is 0 Å². The third-order valence-corrected chi connectivity index (χ3v) is 2.84. The number of nitrogens with zero attached hydrogens (tertiary/aromatic N) is 1. The maximum atomic E-state index is 10.4. The van der Waals surface area contributed by atoms with E-state index in [4.69, 9.17) is 4.55 Å². The van der Waals surface area contributed by atoms with E-state index in [0.29, 0.717) is 6.42 Å². The van der Waals surface area contributed by atoms with Crippen LogP contribution in [0.25, 0.3) is 0 Å². The topological polar surface area (TPSA) is 54.4 Å². The van der Waals surface area contributed by atoms with Crippen LogP contribution in [0.3, 0.4) is 0 Å². The van der Waals surface area contributed by atoms with Crippen LogP contribution in [0.5, 0.6) is 0 Å². The molecule has 4 nitrogen and oxygen atoms in total. The van der Waals surface area contributed by atoms with Crippen LogP contribution < -0.4 is 0 Å². The SMILES string of the molecule is C=CC[N+](C)(C)CCCCS(=O)(=O)O. The van der Waals surface area contributed by atoms with Crippen molar-refractivity contribution in [1.29, 1.82) is 0 Å². The predicted molar refractivity (Wildman–Crippen MR) is 57.7 cm³/mol. The molecule has 0 aromatic carbocycles. The lowest BCUT2D eigenvalue weighted by Crippen LogP contribution is -2.40. The van der Waals surface area contributed by atoms with E-state index >= 15 is 0 Å². The van der Waals surface area contributed by atoms with Gasteiger partial charge in [0, 0.05) is 0 Å². The molecule has 0 aromatic heterocycles. The van der Waals surface area contributed by atoms with Crippen LogP contribution >= 0.6 is 0 Å². The molecule has 0 unspecified atom stereocenters. The van der Waals surface area contributed by atoms with Gasteiger partial charge in [-0.15, -0.1) is 0 Å². The lowest BCUT2D eigenvalue weighted by Gasteiger charge is -2.28. The highest BCUT2D eigenvalue weighted by Crippen LogP contribution is 2.02. The highest BCUT2D eigenvalue weighted by atomic mass is 32.2. The van der Waals surface area contributed by atoms with Gasteiger partial charge < -0.3 is 4.48 Å². The fourth-order valence-corrected chi connectivity index (χ4v) is 1.83. The molecule has 1 N–H and O–H groups in total. The highest BCUT2D eigenvalue weighted by Gasteiger charge is 2.12. The van der Waals surface area contributed by atoms with E-state index < -0.39 is 10.1 Å². The molecule has 0 amide bonds. The molecule has 14 heavy (non-hydrogen) atoms. The Labute approximate surface area is 86.6 Å². The Balaban J connectivity index is 3.69. The van der Waals surface area contributed by atoms with Crippen molar-refractivity contribution >= 4 is 10.1 Å². The first kappa shape index (κ1) is 13.6. The van der Waals surface area contributed by atoms with Crippen LogP contribution in [0.15, 0.2) is 12.7 Å². The van der Waals surface area contributed by atoms with Gasteiger partial charge in [-0.1, -0.05) is 6.58 Å². The van der Waals surface area contributed by atoms with Crippen LogP contribution in [0.1, 0.15) is 12.8 Å². The minimum Gasteiger partial charge on any atom is -0.325 e. The van der Waals surface area contributed by atoms with E-state index in [1.807, 2.05) is 6.08 Å². The first-order valence-corrected chi connectivity index (χ1v) is 6.26. The number of unbranched alkanes of at least 4 members (excludes halogenated alkanes) is 1. The second kappa shape index (κ2) is 5.48. The molecular formula is C9H20NO3S+. The number of hydrogen-bond donors (Lipinski definition) is 1. The largest absolute Gasteiger partial charge is 0.325 e. The minimum absolute atomic E-state index is 0.138. The summed E-state index contributed by atoms with van der Waals surface area (Å²) in [6.45, 7) is 5.42. The fraction of sp³-hybridized carbons (Fsp3) is 0.778. The van der Waals surface area contributed by atoms with E-state index in [1.165, 1.54) is 0 Å². The average Bonchev–Trinajstić information content (AvgIpc) is 1.96. The molecule has 0 aliphatic rings. The number of rotatable bonds is 7. The van der Waals surface area contributed by atoms with Gasteiger partial charge in [0.2, 0.25) is 0 Å². The molecule has 0 rings (SSSR count). The van der Waals surface area contributed by atoms with Crippen LogP contribution in [0.2, 0.25) is 0 Å². The summed E-state index contributed by atoms with van der Waals surface area (Å²) in [5, 5.41) is 0. The molecule has 0 aliphatic carbocycles. The van der Waals surface area contributed by atoms with Crippen LogP contribution in [-0.2, 0) is 10.1 Å². The van der Waals surface area contributed by atoms with E-state index in [1.54, 1.807) is 0 Å². The molecule has 0 spiro atoms. The summed E-state index contributed by atoms with van der Waals surface area (Å²) in [6, 6.07) is 0. The van der Waals surface area contributed by atoms with Gasteiger partial charge >= 0.3 is 0 Å². The Hall–Kier alpha value is -0.390.